The minimum atomic E-state index is -0.524. The molecule has 21 heavy (non-hydrogen) atoms. The van der Waals surface area contributed by atoms with E-state index in [-0.39, 0.29) is 21.5 Å². The molecule has 0 radical (unpaired) electrons. The molecule has 0 unspecified atom stereocenters. The van der Waals surface area contributed by atoms with Crippen LogP contribution in [0.5, 0.6) is 5.75 Å². The first kappa shape index (κ1) is 15.7. The molecule has 0 bridgehead atoms. The minimum absolute atomic E-state index is 0.0902. The summed E-state index contributed by atoms with van der Waals surface area (Å²) in [6, 6.07) is 8.15. The van der Waals surface area contributed by atoms with E-state index >= 15 is 0 Å². The first-order chi connectivity index (χ1) is 9.88. The van der Waals surface area contributed by atoms with Crippen LogP contribution in [0.4, 0.5) is 11.4 Å². The molecule has 0 spiro atoms. The van der Waals surface area contributed by atoms with Crippen molar-refractivity contribution in [3.05, 3.63) is 60.5 Å². The standard InChI is InChI=1S/C14H10Br2N2O3/c1-8-2-3-13(11(15)4-8)17-7-9-5-10(18(20)21)6-12(16)14(9)19/h2-7,19H,1H3. The van der Waals surface area contributed by atoms with E-state index in [4.69, 9.17) is 0 Å². The van der Waals surface area contributed by atoms with Crippen LogP contribution in [0, 0.1) is 17.0 Å². The maximum absolute atomic E-state index is 10.8. The Hall–Kier alpha value is -1.73. The number of nitro benzene ring substituents is 1. The second kappa shape index (κ2) is 6.36. The topological polar surface area (TPSA) is 75.7 Å². The Morgan fingerprint density at radius 3 is 2.57 bits per heavy atom. The van der Waals surface area contributed by atoms with E-state index in [1.54, 1.807) is 0 Å². The van der Waals surface area contributed by atoms with Crippen LogP contribution in [0.15, 0.2) is 44.3 Å². The van der Waals surface area contributed by atoms with E-state index in [0.29, 0.717) is 5.69 Å². The molecule has 0 fully saturated rings. The van der Waals surface area contributed by atoms with Crippen molar-refractivity contribution in [1.82, 2.24) is 0 Å². The first-order valence-corrected chi connectivity index (χ1v) is 7.44. The number of aryl methyl sites for hydroxylation is 1. The summed E-state index contributed by atoms with van der Waals surface area (Å²) in [5.41, 5.74) is 1.90. The molecule has 0 atom stereocenters. The highest BCUT2D eigenvalue weighted by Gasteiger charge is 2.13. The van der Waals surface area contributed by atoms with Crippen LogP contribution in [0.3, 0.4) is 0 Å². The summed E-state index contributed by atoms with van der Waals surface area (Å²) in [6.07, 6.45) is 1.39. The van der Waals surface area contributed by atoms with Crippen LogP contribution in [0.25, 0.3) is 0 Å². The van der Waals surface area contributed by atoms with Crippen LogP contribution in [-0.2, 0) is 0 Å². The number of benzene rings is 2. The highest BCUT2D eigenvalue weighted by Crippen LogP contribution is 2.32. The molecule has 0 amide bonds. The van der Waals surface area contributed by atoms with Crippen LogP contribution < -0.4 is 0 Å². The van der Waals surface area contributed by atoms with Crippen LogP contribution in [0.1, 0.15) is 11.1 Å². The third-order valence-corrected chi connectivity index (χ3v) is 3.97. The first-order valence-electron chi connectivity index (χ1n) is 5.85. The maximum Gasteiger partial charge on any atom is 0.271 e. The summed E-state index contributed by atoms with van der Waals surface area (Å²) in [5.74, 6) is -0.0902. The van der Waals surface area contributed by atoms with Crippen molar-refractivity contribution in [1.29, 1.82) is 0 Å². The van der Waals surface area contributed by atoms with Gasteiger partial charge in [0.05, 0.1) is 15.1 Å². The number of nitrogens with zero attached hydrogens (tertiary/aromatic N) is 2. The lowest BCUT2D eigenvalue weighted by Crippen LogP contribution is -1.91. The Bertz CT molecular complexity index is 745. The number of non-ortho nitro benzene ring substituents is 1. The highest BCUT2D eigenvalue weighted by atomic mass is 79.9. The Morgan fingerprint density at radius 2 is 1.95 bits per heavy atom. The summed E-state index contributed by atoms with van der Waals surface area (Å²) in [5, 5.41) is 20.8. The zero-order valence-electron chi connectivity index (χ0n) is 10.9. The molecular formula is C14H10Br2N2O3. The zero-order chi connectivity index (χ0) is 15.6. The summed E-state index contributed by atoms with van der Waals surface area (Å²) in [6.45, 7) is 1.96. The fraction of sp³-hybridized carbons (Fsp3) is 0.0714. The molecule has 2 rings (SSSR count). The third-order valence-electron chi connectivity index (χ3n) is 2.73. The van der Waals surface area contributed by atoms with E-state index in [0.717, 1.165) is 10.0 Å². The lowest BCUT2D eigenvalue weighted by atomic mass is 10.2. The Morgan fingerprint density at radius 1 is 1.24 bits per heavy atom. The molecule has 5 nitrogen and oxygen atoms in total. The number of phenols is 1. The number of halogens is 2. The van der Waals surface area contributed by atoms with Crippen LogP contribution in [-0.4, -0.2) is 16.2 Å². The van der Waals surface area contributed by atoms with Gasteiger partial charge in [0.2, 0.25) is 0 Å². The van der Waals surface area contributed by atoms with Crippen molar-refractivity contribution in [3.8, 4) is 5.75 Å². The SMILES string of the molecule is Cc1ccc(N=Cc2cc([N+](=O)[O-])cc(Br)c2O)c(Br)c1. The van der Waals surface area contributed by atoms with Gasteiger partial charge < -0.3 is 5.11 Å². The summed E-state index contributed by atoms with van der Waals surface area (Å²) in [4.78, 5) is 14.6. The van der Waals surface area contributed by atoms with Crippen molar-refractivity contribution < 1.29 is 10.0 Å². The molecular weight excluding hydrogens is 404 g/mol. The van der Waals surface area contributed by atoms with Gasteiger partial charge in [0.15, 0.2) is 0 Å². The van der Waals surface area contributed by atoms with Gasteiger partial charge in [-0.05, 0) is 56.5 Å². The minimum Gasteiger partial charge on any atom is -0.506 e. The van der Waals surface area contributed by atoms with E-state index in [1.807, 2.05) is 25.1 Å². The van der Waals surface area contributed by atoms with E-state index in [1.165, 1.54) is 18.3 Å². The van der Waals surface area contributed by atoms with E-state index in [2.05, 4.69) is 36.9 Å². The third kappa shape index (κ3) is 3.68. The second-order valence-corrected chi connectivity index (χ2v) is 6.04. The van der Waals surface area contributed by atoms with Crippen molar-refractivity contribution >= 4 is 49.4 Å². The average Bonchev–Trinajstić information content (AvgIpc) is 2.41. The number of nitro groups is 1. The molecule has 0 aromatic heterocycles. The average molecular weight is 414 g/mol. The predicted molar refractivity (Wildman–Crippen MR) is 88.6 cm³/mol. The number of aromatic hydroxyl groups is 1. The Balaban J connectivity index is 2.43. The van der Waals surface area contributed by atoms with Crippen LogP contribution in [0.2, 0.25) is 0 Å². The highest BCUT2D eigenvalue weighted by molar-refractivity contribution is 9.11. The number of aliphatic imine (C=N–C) groups is 1. The van der Waals surface area contributed by atoms with Crippen LogP contribution >= 0.6 is 31.9 Å². The van der Waals surface area contributed by atoms with Gasteiger partial charge in [0.1, 0.15) is 5.75 Å². The lowest BCUT2D eigenvalue weighted by Gasteiger charge is -2.03. The molecule has 0 saturated heterocycles. The lowest BCUT2D eigenvalue weighted by molar-refractivity contribution is -0.385. The predicted octanol–water partition coefficient (Wildman–Crippen LogP) is 4.88. The molecule has 0 aliphatic heterocycles. The monoisotopic (exact) mass is 412 g/mol. The molecule has 108 valence electrons. The largest absolute Gasteiger partial charge is 0.506 e. The van der Waals surface area contributed by atoms with Gasteiger partial charge in [0.25, 0.3) is 5.69 Å². The number of phenolic OH excluding ortho intramolecular Hbond substituents is 1. The molecule has 0 aliphatic rings. The smallest absolute Gasteiger partial charge is 0.271 e. The van der Waals surface area contributed by atoms with Gasteiger partial charge in [-0.2, -0.15) is 0 Å². The number of hydrogen-bond acceptors (Lipinski definition) is 4. The molecule has 0 heterocycles. The van der Waals surface area contributed by atoms with Gasteiger partial charge in [-0.25, -0.2) is 0 Å². The van der Waals surface area contributed by atoms with Gasteiger partial charge >= 0.3 is 0 Å². The van der Waals surface area contributed by atoms with Crippen molar-refractivity contribution in [2.75, 3.05) is 0 Å². The summed E-state index contributed by atoms with van der Waals surface area (Å²) in [7, 11) is 0. The fourth-order valence-electron chi connectivity index (χ4n) is 1.66. The number of rotatable bonds is 3. The maximum atomic E-state index is 10.8. The molecule has 0 aliphatic carbocycles. The fourth-order valence-corrected chi connectivity index (χ4v) is 2.72. The second-order valence-electron chi connectivity index (χ2n) is 4.34. The summed E-state index contributed by atoms with van der Waals surface area (Å²) < 4.78 is 1.06. The van der Waals surface area contributed by atoms with Gasteiger partial charge in [0, 0.05) is 28.4 Å². The number of hydrogen-bond donors (Lipinski definition) is 1. The molecule has 2 aromatic rings. The van der Waals surface area contributed by atoms with Gasteiger partial charge in [-0.15, -0.1) is 0 Å². The quantitative estimate of drug-likeness (QED) is 0.442. The van der Waals surface area contributed by atoms with Gasteiger partial charge in [-0.1, -0.05) is 6.07 Å². The van der Waals surface area contributed by atoms with Gasteiger partial charge in [-0.3, -0.25) is 15.1 Å². The Labute approximate surface area is 137 Å². The van der Waals surface area contributed by atoms with Crippen molar-refractivity contribution in [2.24, 2.45) is 4.99 Å². The van der Waals surface area contributed by atoms with Crippen molar-refractivity contribution in [2.45, 2.75) is 6.92 Å². The zero-order valence-corrected chi connectivity index (χ0v) is 14.1. The molecule has 1 N–H and O–H groups in total. The van der Waals surface area contributed by atoms with E-state index in [9.17, 15) is 15.2 Å². The molecule has 2 aromatic carbocycles. The normalized spacial score (nSPS) is 11.0. The van der Waals surface area contributed by atoms with E-state index < -0.39 is 4.92 Å². The molecule has 7 heteroatoms. The van der Waals surface area contributed by atoms with Crippen molar-refractivity contribution in [3.63, 3.8) is 0 Å². The molecule has 0 saturated carbocycles. The Kier molecular flexibility index (Phi) is 4.74. The summed E-state index contributed by atoms with van der Waals surface area (Å²) >= 11 is 6.49.